The van der Waals surface area contributed by atoms with Gasteiger partial charge in [0.25, 0.3) is 5.91 Å². The summed E-state index contributed by atoms with van der Waals surface area (Å²) in [5.74, 6) is 0.399. The Bertz CT molecular complexity index is 1480. The van der Waals surface area contributed by atoms with E-state index in [0.29, 0.717) is 11.3 Å². The van der Waals surface area contributed by atoms with E-state index in [1.807, 2.05) is 19.1 Å². The van der Waals surface area contributed by atoms with E-state index in [1.54, 1.807) is 18.5 Å². The number of H-pyrrole nitrogens is 1. The minimum absolute atomic E-state index is 0.451. The van der Waals surface area contributed by atoms with Crippen LogP contribution < -0.4 is 16.4 Å². The van der Waals surface area contributed by atoms with E-state index in [9.17, 15) is 4.79 Å². The van der Waals surface area contributed by atoms with Crippen LogP contribution in [0.4, 0.5) is 22.9 Å². The molecule has 2 aromatic carbocycles. The highest BCUT2D eigenvalue weighted by molar-refractivity contribution is 6.02. The molecule has 1 aliphatic heterocycles. The smallest absolute Gasteiger partial charge is 0.250 e. The van der Waals surface area contributed by atoms with E-state index in [1.165, 1.54) is 23.1 Å². The second-order valence-electron chi connectivity index (χ2n) is 9.82. The first-order chi connectivity index (χ1) is 17.9. The van der Waals surface area contributed by atoms with Gasteiger partial charge in [-0.2, -0.15) is 0 Å². The Hall–Kier alpha value is -4.10. The molecular weight excluding hydrogens is 460 g/mol. The molecule has 7 nitrogen and oxygen atoms in total. The topological polar surface area (TPSA) is 99.1 Å². The molecule has 3 heterocycles. The first-order valence-electron chi connectivity index (χ1n) is 12.8. The Labute approximate surface area is 217 Å². The molecule has 0 fully saturated rings. The predicted octanol–water partition coefficient (Wildman–Crippen LogP) is 6.26. The van der Waals surface area contributed by atoms with Crippen LogP contribution in [0.1, 0.15) is 46.8 Å². The number of hydrogen-bond acceptors (Lipinski definition) is 5. The number of primary amides is 1. The van der Waals surface area contributed by atoms with Crippen molar-refractivity contribution in [2.75, 3.05) is 30.3 Å². The number of benzene rings is 2. The summed E-state index contributed by atoms with van der Waals surface area (Å²) in [7, 11) is 0. The van der Waals surface area contributed by atoms with Gasteiger partial charge in [0.15, 0.2) is 0 Å². The van der Waals surface area contributed by atoms with Crippen LogP contribution in [0.15, 0.2) is 60.9 Å². The maximum Gasteiger partial charge on any atom is 0.250 e. The molecule has 0 bridgehead atoms. The molecule has 1 amide bonds. The van der Waals surface area contributed by atoms with Gasteiger partial charge in [0.05, 0.1) is 34.8 Å². The number of amides is 1. The Morgan fingerprint density at radius 3 is 2.68 bits per heavy atom. The standard InChI is InChI=1S/C30H34N6O/c1-4-11-36-12-5-6-22(18-36)21-8-10-25(20(3)14-21)34-29-15-23-27(16-32-17-28(23)35-29)33-26-9-7-19(2)13-24(26)30(31)37/h6-10,13-17,33-35H,4-5,11-12,18H2,1-3H3,(H2,31,37). The van der Waals surface area contributed by atoms with E-state index in [0.717, 1.165) is 59.7 Å². The van der Waals surface area contributed by atoms with Gasteiger partial charge in [-0.3, -0.25) is 14.7 Å². The molecule has 190 valence electrons. The third kappa shape index (κ3) is 5.37. The van der Waals surface area contributed by atoms with Crippen LogP contribution in [-0.2, 0) is 0 Å². The summed E-state index contributed by atoms with van der Waals surface area (Å²) in [5.41, 5.74) is 14.3. The van der Waals surface area contributed by atoms with Gasteiger partial charge < -0.3 is 21.4 Å². The zero-order valence-electron chi connectivity index (χ0n) is 21.7. The van der Waals surface area contributed by atoms with Crippen molar-refractivity contribution in [3.05, 3.63) is 83.2 Å². The number of aromatic nitrogens is 2. The summed E-state index contributed by atoms with van der Waals surface area (Å²) in [6.07, 6.45) is 8.22. The number of aryl methyl sites for hydroxylation is 2. The van der Waals surface area contributed by atoms with E-state index in [2.05, 4.69) is 69.7 Å². The van der Waals surface area contributed by atoms with Crippen molar-refractivity contribution in [1.29, 1.82) is 0 Å². The van der Waals surface area contributed by atoms with Crippen LogP contribution in [-0.4, -0.2) is 40.4 Å². The summed E-state index contributed by atoms with van der Waals surface area (Å²) in [6, 6.07) is 14.3. The van der Waals surface area contributed by atoms with Crippen molar-refractivity contribution in [3.8, 4) is 0 Å². The normalized spacial score (nSPS) is 14.0. The molecule has 37 heavy (non-hydrogen) atoms. The summed E-state index contributed by atoms with van der Waals surface area (Å²) < 4.78 is 0. The molecule has 0 spiro atoms. The average molecular weight is 495 g/mol. The average Bonchev–Trinajstić information content (AvgIpc) is 3.30. The molecule has 7 heteroatoms. The molecule has 5 rings (SSSR count). The lowest BCUT2D eigenvalue weighted by atomic mass is 9.98. The van der Waals surface area contributed by atoms with Gasteiger partial charge in [0, 0.05) is 24.2 Å². The molecule has 0 radical (unpaired) electrons. The summed E-state index contributed by atoms with van der Waals surface area (Å²) in [4.78, 5) is 22.3. The number of anilines is 4. The van der Waals surface area contributed by atoms with E-state index in [4.69, 9.17) is 5.73 Å². The van der Waals surface area contributed by atoms with E-state index in [-0.39, 0.29) is 0 Å². The number of carbonyl (C=O) groups excluding carboxylic acids is 1. The zero-order chi connectivity index (χ0) is 25.9. The maximum absolute atomic E-state index is 12.0. The minimum atomic E-state index is -0.469. The Morgan fingerprint density at radius 1 is 1.05 bits per heavy atom. The van der Waals surface area contributed by atoms with Crippen LogP contribution >= 0.6 is 0 Å². The SMILES string of the molecule is CCCN1CCC=C(c2ccc(Nc3cc4c(Nc5ccc(C)cc5C(N)=O)cncc4[nH]3)c(C)c2)C1. The largest absolute Gasteiger partial charge is 0.366 e. The highest BCUT2D eigenvalue weighted by Gasteiger charge is 2.15. The Balaban J connectivity index is 1.38. The van der Waals surface area contributed by atoms with Crippen LogP contribution in [0.3, 0.4) is 0 Å². The molecule has 2 aromatic heterocycles. The van der Waals surface area contributed by atoms with Crippen molar-refractivity contribution in [2.45, 2.75) is 33.6 Å². The van der Waals surface area contributed by atoms with Crippen LogP contribution in [0.25, 0.3) is 16.5 Å². The highest BCUT2D eigenvalue weighted by Crippen LogP contribution is 2.32. The number of carbonyl (C=O) groups is 1. The molecule has 5 N–H and O–H groups in total. The van der Waals surface area contributed by atoms with Crippen LogP contribution in [0.2, 0.25) is 0 Å². The molecule has 0 saturated carbocycles. The third-order valence-corrected chi connectivity index (χ3v) is 6.89. The van der Waals surface area contributed by atoms with Crippen LogP contribution in [0, 0.1) is 13.8 Å². The first-order valence-corrected chi connectivity index (χ1v) is 12.8. The number of aromatic amines is 1. The minimum Gasteiger partial charge on any atom is -0.366 e. The lowest BCUT2D eigenvalue weighted by Crippen LogP contribution is -2.30. The number of nitrogens with zero attached hydrogens (tertiary/aromatic N) is 2. The highest BCUT2D eigenvalue weighted by atomic mass is 16.1. The number of nitrogens with one attached hydrogen (secondary N) is 3. The number of fused-ring (bicyclic) bond motifs is 1. The van der Waals surface area contributed by atoms with Gasteiger partial charge in [0.1, 0.15) is 5.82 Å². The Kier molecular flexibility index (Phi) is 6.97. The summed E-state index contributed by atoms with van der Waals surface area (Å²) in [6.45, 7) is 9.63. The second kappa shape index (κ2) is 10.5. The number of nitrogens with two attached hydrogens (primary N) is 1. The molecule has 0 aliphatic carbocycles. The third-order valence-electron chi connectivity index (χ3n) is 6.89. The molecule has 0 atom stereocenters. The van der Waals surface area contributed by atoms with Crippen molar-refractivity contribution >= 4 is 45.3 Å². The summed E-state index contributed by atoms with van der Waals surface area (Å²) >= 11 is 0. The van der Waals surface area contributed by atoms with Gasteiger partial charge in [-0.1, -0.05) is 30.7 Å². The molecule has 4 aromatic rings. The summed E-state index contributed by atoms with van der Waals surface area (Å²) in [5, 5.41) is 7.85. The Morgan fingerprint density at radius 2 is 1.89 bits per heavy atom. The zero-order valence-corrected chi connectivity index (χ0v) is 21.7. The molecule has 1 aliphatic rings. The molecular formula is C30H34N6O. The van der Waals surface area contributed by atoms with E-state index < -0.39 is 5.91 Å². The lowest BCUT2D eigenvalue weighted by Gasteiger charge is -2.27. The predicted molar refractivity (Wildman–Crippen MR) is 153 cm³/mol. The van der Waals surface area contributed by atoms with Crippen molar-refractivity contribution in [3.63, 3.8) is 0 Å². The molecule has 0 unspecified atom stereocenters. The monoisotopic (exact) mass is 494 g/mol. The fraction of sp³-hybridized carbons (Fsp3) is 0.267. The first kappa shape index (κ1) is 24.6. The quantitative estimate of drug-likeness (QED) is 0.232. The fourth-order valence-electron chi connectivity index (χ4n) is 5.00. The van der Waals surface area contributed by atoms with Gasteiger partial charge in [-0.05, 0) is 80.3 Å². The number of hydrogen-bond donors (Lipinski definition) is 4. The van der Waals surface area contributed by atoms with Gasteiger partial charge >= 0.3 is 0 Å². The fourth-order valence-corrected chi connectivity index (χ4v) is 5.00. The van der Waals surface area contributed by atoms with Gasteiger partial charge in [-0.25, -0.2) is 0 Å². The maximum atomic E-state index is 12.0. The van der Waals surface area contributed by atoms with E-state index >= 15 is 0 Å². The molecule has 0 saturated heterocycles. The van der Waals surface area contributed by atoms with Crippen molar-refractivity contribution < 1.29 is 4.79 Å². The van der Waals surface area contributed by atoms with Gasteiger partial charge in [-0.15, -0.1) is 0 Å². The van der Waals surface area contributed by atoms with Crippen molar-refractivity contribution in [1.82, 2.24) is 14.9 Å². The van der Waals surface area contributed by atoms with Gasteiger partial charge in [0.2, 0.25) is 0 Å². The lowest BCUT2D eigenvalue weighted by molar-refractivity contribution is 0.100. The second-order valence-corrected chi connectivity index (χ2v) is 9.82. The van der Waals surface area contributed by atoms with Crippen LogP contribution in [0.5, 0.6) is 0 Å². The number of rotatable bonds is 8. The van der Waals surface area contributed by atoms with Crippen molar-refractivity contribution in [2.24, 2.45) is 5.73 Å². The number of pyridine rings is 1.